The van der Waals surface area contributed by atoms with Gasteiger partial charge in [0.05, 0.1) is 33.0 Å². The van der Waals surface area contributed by atoms with Crippen molar-refractivity contribution in [2.24, 2.45) is 5.92 Å². The van der Waals surface area contributed by atoms with Crippen LogP contribution in [0.3, 0.4) is 0 Å². The summed E-state index contributed by atoms with van der Waals surface area (Å²) >= 11 is 0. The molecule has 1 fully saturated rings. The van der Waals surface area contributed by atoms with E-state index in [1.54, 1.807) is 6.33 Å². The highest BCUT2D eigenvalue weighted by atomic mass is 16.5. The highest BCUT2D eigenvalue weighted by Gasteiger charge is 2.17. The van der Waals surface area contributed by atoms with Gasteiger partial charge in [0.2, 0.25) is 0 Å². The maximum Gasteiger partial charge on any atom is 0.320 e. The van der Waals surface area contributed by atoms with Gasteiger partial charge in [-0.3, -0.25) is 4.79 Å². The third kappa shape index (κ3) is 4.69. The van der Waals surface area contributed by atoms with Crippen LogP contribution in [-0.2, 0) is 22.5 Å². The zero-order valence-electron chi connectivity index (χ0n) is 17.2. The van der Waals surface area contributed by atoms with Crippen LogP contribution >= 0.6 is 0 Å². The zero-order chi connectivity index (χ0) is 20.9. The summed E-state index contributed by atoms with van der Waals surface area (Å²) in [6, 6.07) is 8.11. The van der Waals surface area contributed by atoms with Gasteiger partial charge in [0, 0.05) is 0 Å². The number of carbonyl (C=O) groups excluding carboxylic acids is 1. The van der Waals surface area contributed by atoms with E-state index in [1.165, 1.54) is 39.2 Å². The number of ether oxygens (including phenoxy) is 2. The number of esters is 1. The Kier molecular flexibility index (Phi) is 6.11. The molecule has 0 atom stereocenters. The minimum Gasteiger partial charge on any atom is -0.469 e. The highest BCUT2D eigenvalue weighted by Crippen LogP contribution is 2.25. The fourth-order valence-corrected chi connectivity index (χ4v) is 3.95. The molecule has 2 heterocycles. The van der Waals surface area contributed by atoms with Crippen molar-refractivity contribution in [3.05, 3.63) is 41.7 Å². The Morgan fingerprint density at radius 2 is 2.00 bits per heavy atom. The summed E-state index contributed by atoms with van der Waals surface area (Å²) in [7, 11) is 1.39. The van der Waals surface area contributed by atoms with Crippen molar-refractivity contribution in [2.45, 2.75) is 45.1 Å². The van der Waals surface area contributed by atoms with Crippen LogP contribution in [0.25, 0.3) is 11.2 Å². The first-order valence-corrected chi connectivity index (χ1v) is 10.4. The molecule has 1 saturated carbocycles. The van der Waals surface area contributed by atoms with E-state index in [4.69, 9.17) is 15.2 Å². The van der Waals surface area contributed by atoms with Crippen LogP contribution in [0.15, 0.2) is 30.6 Å². The molecule has 8 nitrogen and oxygen atoms in total. The molecule has 1 aliphatic rings. The molecule has 0 spiro atoms. The van der Waals surface area contributed by atoms with Crippen LogP contribution in [0.4, 0.5) is 5.82 Å². The predicted molar refractivity (Wildman–Crippen MR) is 113 cm³/mol. The van der Waals surface area contributed by atoms with Gasteiger partial charge in [-0.05, 0) is 29.9 Å². The molecule has 3 aromatic rings. The number of anilines is 1. The number of methoxy groups -OCH3 is 1. The van der Waals surface area contributed by atoms with Crippen molar-refractivity contribution in [1.82, 2.24) is 19.5 Å². The number of carbonyl (C=O) groups is 1. The molecule has 2 aromatic heterocycles. The fourth-order valence-electron chi connectivity index (χ4n) is 3.95. The molecular weight excluding hydrogens is 382 g/mol. The quantitative estimate of drug-likeness (QED) is 0.598. The highest BCUT2D eigenvalue weighted by molar-refractivity contribution is 5.82. The van der Waals surface area contributed by atoms with E-state index in [0.29, 0.717) is 42.1 Å². The number of rotatable bonds is 7. The molecule has 30 heavy (non-hydrogen) atoms. The number of nitrogen functional groups attached to an aromatic ring is 1. The lowest BCUT2D eigenvalue weighted by atomic mass is 9.90. The number of hydrogen-bond acceptors (Lipinski definition) is 7. The first kappa shape index (κ1) is 20.1. The normalized spacial score (nSPS) is 14.7. The summed E-state index contributed by atoms with van der Waals surface area (Å²) in [5, 5.41) is 0. The van der Waals surface area contributed by atoms with E-state index in [1.807, 2.05) is 28.8 Å². The Morgan fingerprint density at radius 3 is 2.80 bits per heavy atom. The lowest BCUT2D eigenvalue weighted by Gasteiger charge is -2.21. The molecule has 0 saturated heterocycles. The van der Waals surface area contributed by atoms with Gasteiger partial charge in [0.25, 0.3) is 0 Å². The second-order valence-corrected chi connectivity index (χ2v) is 7.82. The second kappa shape index (κ2) is 9.11. The van der Waals surface area contributed by atoms with E-state index in [2.05, 4.69) is 15.0 Å². The van der Waals surface area contributed by atoms with Gasteiger partial charge in [-0.15, -0.1) is 0 Å². The molecule has 0 unspecified atom stereocenters. The number of hydrogen-bond donors (Lipinski definition) is 1. The van der Waals surface area contributed by atoms with Crippen molar-refractivity contribution in [3.63, 3.8) is 0 Å². The fraction of sp³-hybridized carbons (Fsp3) is 0.455. The smallest absolute Gasteiger partial charge is 0.320 e. The minimum atomic E-state index is -0.263. The Labute approximate surface area is 175 Å². The average Bonchev–Trinajstić information content (AvgIpc) is 3.16. The van der Waals surface area contributed by atoms with Crippen LogP contribution in [-0.4, -0.2) is 39.2 Å². The van der Waals surface area contributed by atoms with Crippen LogP contribution < -0.4 is 10.5 Å². The SMILES string of the molecule is COC(=O)Cc1cccc(Cn2cnc3c(N)nc(OCC4CCCCC4)nc32)c1. The summed E-state index contributed by atoms with van der Waals surface area (Å²) in [5.41, 5.74) is 9.23. The Bertz CT molecular complexity index is 1030. The van der Waals surface area contributed by atoms with Crippen LogP contribution in [0.2, 0.25) is 0 Å². The Hall–Kier alpha value is -3.16. The van der Waals surface area contributed by atoms with Gasteiger partial charge < -0.3 is 19.8 Å². The van der Waals surface area contributed by atoms with Gasteiger partial charge >= 0.3 is 12.0 Å². The van der Waals surface area contributed by atoms with Crippen LogP contribution in [0, 0.1) is 5.92 Å². The summed E-state index contributed by atoms with van der Waals surface area (Å²) in [6.07, 6.45) is 8.16. The molecule has 8 heteroatoms. The molecule has 0 aliphatic heterocycles. The maximum atomic E-state index is 11.6. The summed E-state index contributed by atoms with van der Waals surface area (Å²) in [6.45, 7) is 1.17. The number of benzene rings is 1. The third-order valence-electron chi connectivity index (χ3n) is 5.56. The van der Waals surface area contributed by atoms with Gasteiger partial charge in [-0.2, -0.15) is 9.97 Å². The Balaban J connectivity index is 1.52. The molecule has 1 aliphatic carbocycles. The molecule has 4 rings (SSSR count). The number of nitrogens with zero attached hydrogens (tertiary/aromatic N) is 4. The number of aromatic nitrogens is 4. The van der Waals surface area contributed by atoms with E-state index in [9.17, 15) is 4.79 Å². The molecule has 0 amide bonds. The van der Waals surface area contributed by atoms with Gasteiger partial charge in [-0.25, -0.2) is 4.98 Å². The van der Waals surface area contributed by atoms with Gasteiger partial charge in [0.1, 0.15) is 0 Å². The lowest BCUT2D eigenvalue weighted by molar-refractivity contribution is -0.139. The van der Waals surface area contributed by atoms with E-state index in [0.717, 1.165) is 11.1 Å². The summed E-state index contributed by atoms with van der Waals surface area (Å²) in [4.78, 5) is 24.8. The number of nitrogens with two attached hydrogens (primary N) is 1. The topological polar surface area (TPSA) is 105 Å². The molecule has 158 valence electrons. The van der Waals surface area contributed by atoms with Crippen molar-refractivity contribution in [2.75, 3.05) is 19.5 Å². The first-order chi connectivity index (χ1) is 14.6. The van der Waals surface area contributed by atoms with Crippen molar-refractivity contribution < 1.29 is 14.3 Å². The van der Waals surface area contributed by atoms with Gasteiger partial charge in [-0.1, -0.05) is 43.5 Å². The minimum absolute atomic E-state index is 0.239. The van der Waals surface area contributed by atoms with E-state index in [-0.39, 0.29) is 12.4 Å². The van der Waals surface area contributed by atoms with Crippen LogP contribution in [0.5, 0.6) is 6.01 Å². The number of imidazole rings is 1. The van der Waals surface area contributed by atoms with Gasteiger partial charge in [0.15, 0.2) is 17.0 Å². The molecule has 2 N–H and O–H groups in total. The van der Waals surface area contributed by atoms with Crippen molar-refractivity contribution in [3.8, 4) is 6.01 Å². The monoisotopic (exact) mass is 409 g/mol. The van der Waals surface area contributed by atoms with Crippen LogP contribution in [0.1, 0.15) is 43.2 Å². The van der Waals surface area contributed by atoms with E-state index < -0.39 is 0 Å². The molecule has 1 aromatic carbocycles. The van der Waals surface area contributed by atoms with E-state index >= 15 is 0 Å². The first-order valence-electron chi connectivity index (χ1n) is 10.4. The zero-order valence-corrected chi connectivity index (χ0v) is 17.2. The molecule has 0 radical (unpaired) electrons. The lowest BCUT2D eigenvalue weighted by Crippen LogP contribution is -2.16. The van der Waals surface area contributed by atoms with Crippen molar-refractivity contribution >= 4 is 23.0 Å². The largest absolute Gasteiger partial charge is 0.469 e. The average molecular weight is 409 g/mol. The standard InChI is InChI=1S/C22H27N5O3/c1-29-18(28)11-16-8-5-9-17(10-16)12-27-14-24-19-20(23)25-22(26-21(19)27)30-13-15-6-3-2-4-7-15/h5,8-10,14-15H,2-4,6-7,11-13H2,1H3,(H2,23,25,26). The predicted octanol–water partition coefficient (Wildman–Crippen LogP) is 3.13. The third-order valence-corrected chi connectivity index (χ3v) is 5.56. The summed E-state index contributed by atoms with van der Waals surface area (Å²) in [5.74, 6) is 0.610. The second-order valence-electron chi connectivity index (χ2n) is 7.82. The molecule has 0 bridgehead atoms. The number of fused-ring (bicyclic) bond motifs is 1. The maximum absolute atomic E-state index is 11.6. The Morgan fingerprint density at radius 1 is 1.20 bits per heavy atom. The molecular formula is C22H27N5O3. The summed E-state index contributed by atoms with van der Waals surface area (Å²) < 4.78 is 12.6. The van der Waals surface area contributed by atoms with Crippen molar-refractivity contribution in [1.29, 1.82) is 0 Å².